The van der Waals surface area contributed by atoms with Gasteiger partial charge in [0.05, 0.1) is 11.1 Å². The van der Waals surface area contributed by atoms with Gasteiger partial charge in [0.2, 0.25) is 0 Å². The van der Waals surface area contributed by atoms with Crippen LogP contribution in [0, 0.1) is 0 Å². The summed E-state index contributed by atoms with van der Waals surface area (Å²) in [6.07, 6.45) is -0.678. The van der Waals surface area contributed by atoms with Gasteiger partial charge in [-0.3, -0.25) is 0 Å². The van der Waals surface area contributed by atoms with E-state index in [9.17, 15) is 14.7 Å². The molecule has 0 saturated carbocycles. The number of ether oxygens (including phenoxy) is 1. The van der Waals surface area contributed by atoms with Gasteiger partial charge in [0.25, 0.3) is 0 Å². The minimum absolute atomic E-state index is 0.00916. The molecular formula is C21H15ClO4. The summed E-state index contributed by atoms with van der Waals surface area (Å²) in [4.78, 5) is 24.0. The number of carboxylic acid groups (broad SMARTS) is 1. The highest BCUT2D eigenvalue weighted by Gasteiger charge is 2.23. The van der Waals surface area contributed by atoms with Crippen LogP contribution in [-0.4, -0.2) is 17.0 Å². The van der Waals surface area contributed by atoms with Crippen molar-refractivity contribution in [3.8, 4) is 0 Å². The van der Waals surface area contributed by atoms with Crippen molar-refractivity contribution in [2.45, 2.75) is 6.10 Å². The molecule has 3 aromatic carbocycles. The monoisotopic (exact) mass is 366 g/mol. The van der Waals surface area contributed by atoms with Crippen molar-refractivity contribution < 1.29 is 19.4 Å². The number of benzene rings is 3. The van der Waals surface area contributed by atoms with Crippen LogP contribution in [-0.2, 0) is 4.74 Å². The lowest BCUT2D eigenvalue weighted by Crippen LogP contribution is -2.16. The van der Waals surface area contributed by atoms with Gasteiger partial charge in [-0.05, 0) is 35.4 Å². The number of esters is 1. The van der Waals surface area contributed by atoms with Gasteiger partial charge in [-0.15, -0.1) is 0 Å². The van der Waals surface area contributed by atoms with Crippen molar-refractivity contribution >= 4 is 23.5 Å². The van der Waals surface area contributed by atoms with Crippen LogP contribution in [0.1, 0.15) is 37.9 Å². The molecule has 5 heteroatoms. The normalized spacial score (nSPS) is 11.6. The summed E-state index contributed by atoms with van der Waals surface area (Å²) in [7, 11) is 0. The maximum Gasteiger partial charge on any atom is 0.339 e. The van der Waals surface area contributed by atoms with Crippen LogP contribution in [0.25, 0.3) is 0 Å². The Morgan fingerprint density at radius 2 is 1.31 bits per heavy atom. The highest BCUT2D eigenvalue weighted by molar-refractivity contribution is 6.30. The number of hydrogen-bond acceptors (Lipinski definition) is 3. The van der Waals surface area contributed by atoms with Crippen LogP contribution in [0.5, 0.6) is 0 Å². The van der Waals surface area contributed by atoms with Crippen LogP contribution in [0.2, 0.25) is 5.02 Å². The van der Waals surface area contributed by atoms with Gasteiger partial charge in [-0.1, -0.05) is 66.2 Å². The summed E-state index contributed by atoms with van der Waals surface area (Å²) in [5.74, 6) is -1.88. The van der Waals surface area contributed by atoms with Crippen LogP contribution < -0.4 is 0 Å². The first-order chi connectivity index (χ1) is 12.6. The minimum atomic E-state index is -1.18. The predicted molar refractivity (Wildman–Crippen MR) is 98.6 cm³/mol. The van der Waals surface area contributed by atoms with Crippen LogP contribution in [0.3, 0.4) is 0 Å². The Kier molecular flexibility index (Phi) is 5.34. The number of halogens is 1. The SMILES string of the molecule is O=C(O)c1ccccc1C(=O)O[C@@H](c1ccccc1)c1ccc(Cl)cc1. The Hall–Kier alpha value is -3.11. The van der Waals surface area contributed by atoms with Gasteiger partial charge >= 0.3 is 11.9 Å². The molecule has 0 aromatic heterocycles. The fraction of sp³-hybridized carbons (Fsp3) is 0.0476. The molecule has 0 amide bonds. The first kappa shape index (κ1) is 17.7. The zero-order valence-electron chi connectivity index (χ0n) is 13.6. The van der Waals surface area contributed by atoms with Crippen LogP contribution >= 0.6 is 11.6 Å². The van der Waals surface area contributed by atoms with E-state index < -0.39 is 18.0 Å². The summed E-state index contributed by atoms with van der Waals surface area (Å²) in [5, 5.41) is 9.86. The third-order valence-electron chi connectivity index (χ3n) is 3.88. The molecule has 3 aromatic rings. The molecule has 26 heavy (non-hydrogen) atoms. The van der Waals surface area contributed by atoms with E-state index in [2.05, 4.69) is 0 Å². The molecule has 1 atom stereocenters. The number of carbonyl (C=O) groups is 2. The van der Waals surface area contributed by atoms with Gasteiger partial charge in [-0.2, -0.15) is 0 Å². The molecule has 4 nitrogen and oxygen atoms in total. The van der Waals surface area contributed by atoms with E-state index in [0.717, 1.165) is 11.1 Å². The Morgan fingerprint density at radius 3 is 1.92 bits per heavy atom. The van der Waals surface area contributed by atoms with Gasteiger partial charge in [0, 0.05) is 5.02 Å². The highest BCUT2D eigenvalue weighted by Crippen LogP contribution is 2.28. The smallest absolute Gasteiger partial charge is 0.339 e. The Balaban J connectivity index is 1.97. The molecule has 0 aliphatic carbocycles. The fourth-order valence-electron chi connectivity index (χ4n) is 2.61. The summed E-state index contributed by atoms with van der Waals surface area (Å²) >= 11 is 5.95. The standard InChI is InChI=1S/C21H15ClO4/c22-16-12-10-15(11-13-16)19(14-6-2-1-3-7-14)26-21(25)18-9-5-4-8-17(18)20(23)24/h1-13,19H,(H,23,24)/t19-/m0/s1. The summed E-state index contributed by atoms with van der Waals surface area (Å²) in [6.45, 7) is 0. The zero-order valence-corrected chi connectivity index (χ0v) is 14.4. The molecule has 0 aliphatic rings. The predicted octanol–water partition coefficient (Wildman–Crippen LogP) is 4.98. The van der Waals surface area contributed by atoms with Gasteiger partial charge in [0.1, 0.15) is 0 Å². The quantitative estimate of drug-likeness (QED) is 0.646. The topological polar surface area (TPSA) is 63.6 Å². The second-order valence-corrected chi connectivity index (χ2v) is 6.03. The lowest BCUT2D eigenvalue weighted by molar-refractivity contribution is 0.0371. The molecule has 130 valence electrons. The largest absolute Gasteiger partial charge is 0.478 e. The zero-order chi connectivity index (χ0) is 18.5. The second kappa shape index (κ2) is 7.85. The molecule has 0 heterocycles. The van der Waals surface area contributed by atoms with Crippen molar-refractivity contribution in [3.05, 3.63) is 106 Å². The Bertz CT molecular complexity index is 920. The van der Waals surface area contributed by atoms with E-state index in [1.807, 2.05) is 30.3 Å². The molecule has 0 spiro atoms. The summed E-state index contributed by atoms with van der Waals surface area (Å²) < 4.78 is 5.69. The molecule has 0 aliphatic heterocycles. The average molecular weight is 367 g/mol. The van der Waals surface area contributed by atoms with Crippen molar-refractivity contribution in [2.24, 2.45) is 0 Å². The first-order valence-electron chi connectivity index (χ1n) is 7.90. The van der Waals surface area contributed by atoms with Crippen molar-refractivity contribution in [1.29, 1.82) is 0 Å². The fourth-order valence-corrected chi connectivity index (χ4v) is 2.74. The average Bonchev–Trinajstić information content (AvgIpc) is 2.67. The molecule has 3 rings (SSSR count). The Morgan fingerprint density at radius 1 is 0.769 bits per heavy atom. The number of carbonyl (C=O) groups excluding carboxylic acids is 1. The molecular weight excluding hydrogens is 352 g/mol. The third-order valence-corrected chi connectivity index (χ3v) is 4.13. The lowest BCUT2D eigenvalue weighted by atomic mass is 10.0. The van der Waals surface area contributed by atoms with E-state index in [1.54, 1.807) is 36.4 Å². The maximum absolute atomic E-state index is 12.7. The van der Waals surface area contributed by atoms with Gasteiger partial charge < -0.3 is 9.84 Å². The maximum atomic E-state index is 12.7. The van der Waals surface area contributed by atoms with Crippen LogP contribution in [0.15, 0.2) is 78.9 Å². The molecule has 0 unspecified atom stereocenters. The molecule has 0 bridgehead atoms. The Labute approximate surface area is 155 Å². The molecule has 0 radical (unpaired) electrons. The van der Waals surface area contributed by atoms with E-state index >= 15 is 0 Å². The third kappa shape index (κ3) is 3.92. The first-order valence-corrected chi connectivity index (χ1v) is 8.28. The molecule has 1 N–H and O–H groups in total. The number of hydrogen-bond donors (Lipinski definition) is 1. The summed E-state index contributed by atoms with van der Waals surface area (Å²) in [6, 6.07) is 22.2. The van der Waals surface area contributed by atoms with E-state index in [0.29, 0.717) is 5.02 Å². The van der Waals surface area contributed by atoms with E-state index in [-0.39, 0.29) is 11.1 Å². The van der Waals surface area contributed by atoms with Crippen molar-refractivity contribution in [1.82, 2.24) is 0 Å². The molecule has 0 fully saturated rings. The molecule has 0 saturated heterocycles. The van der Waals surface area contributed by atoms with E-state index in [4.69, 9.17) is 16.3 Å². The highest BCUT2D eigenvalue weighted by atomic mass is 35.5. The van der Waals surface area contributed by atoms with Gasteiger partial charge in [-0.25, -0.2) is 9.59 Å². The number of aromatic carboxylic acids is 1. The van der Waals surface area contributed by atoms with Crippen molar-refractivity contribution in [3.63, 3.8) is 0 Å². The van der Waals surface area contributed by atoms with E-state index in [1.165, 1.54) is 12.1 Å². The summed E-state index contributed by atoms with van der Waals surface area (Å²) in [5.41, 5.74) is 1.42. The van der Waals surface area contributed by atoms with Crippen molar-refractivity contribution in [2.75, 3.05) is 0 Å². The number of carboxylic acids is 1. The second-order valence-electron chi connectivity index (χ2n) is 5.60. The van der Waals surface area contributed by atoms with Gasteiger partial charge in [0.15, 0.2) is 6.10 Å². The lowest BCUT2D eigenvalue weighted by Gasteiger charge is -2.19. The van der Waals surface area contributed by atoms with Crippen LogP contribution in [0.4, 0.5) is 0 Å². The minimum Gasteiger partial charge on any atom is -0.478 e. The number of rotatable bonds is 5.